The van der Waals surface area contributed by atoms with E-state index in [-0.39, 0.29) is 11.6 Å². The van der Waals surface area contributed by atoms with Gasteiger partial charge in [0, 0.05) is 24.9 Å². The minimum Gasteiger partial charge on any atom is -0.313 e. The molecule has 0 aliphatic rings. The SMILES string of the molecule is CN(C(=O)C(Cl)Br)c1ccc([N+](=O)[O-])cc1. The molecule has 0 radical (unpaired) electrons. The number of carbonyl (C=O) groups is 1. The van der Waals surface area contributed by atoms with Crippen LogP contribution in [0.3, 0.4) is 0 Å². The Labute approximate surface area is 105 Å². The Morgan fingerprint density at radius 3 is 2.38 bits per heavy atom. The molecule has 1 aromatic carbocycles. The van der Waals surface area contributed by atoms with E-state index in [9.17, 15) is 14.9 Å². The standard InChI is InChI=1S/C9H8BrClN2O3/c1-12(9(14)8(10)11)6-2-4-7(5-3-6)13(15)16/h2-5,8H,1H3. The predicted octanol–water partition coefficient (Wildman–Crippen LogP) is 2.52. The van der Waals surface area contributed by atoms with E-state index >= 15 is 0 Å². The van der Waals surface area contributed by atoms with Gasteiger partial charge in [-0.1, -0.05) is 27.5 Å². The summed E-state index contributed by atoms with van der Waals surface area (Å²) in [5, 5.41) is 10.4. The molecule has 16 heavy (non-hydrogen) atoms. The highest BCUT2D eigenvalue weighted by Gasteiger charge is 2.18. The van der Waals surface area contributed by atoms with Crippen molar-refractivity contribution in [3.63, 3.8) is 0 Å². The lowest BCUT2D eigenvalue weighted by Gasteiger charge is -2.17. The van der Waals surface area contributed by atoms with Crippen molar-refractivity contribution >= 4 is 44.8 Å². The highest BCUT2D eigenvalue weighted by molar-refractivity contribution is 9.10. The lowest BCUT2D eigenvalue weighted by molar-refractivity contribution is -0.384. The Balaban J connectivity index is 2.89. The number of anilines is 1. The molecule has 5 nitrogen and oxygen atoms in total. The Kier molecular flexibility index (Phi) is 4.26. The number of hydrogen-bond acceptors (Lipinski definition) is 3. The molecule has 0 fully saturated rings. The summed E-state index contributed by atoms with van der Waals surface area (Å²) in [4.78, 5) is 22.7. The molecule has 1 atom stereocenters. The van der Waals surface area contributed by atoms with Crippen molar-refractivity contribution in [1.82, 2.24) is 0 Å². The summed E-state index contributed by atoms with van der Waals surface area (Å²) < 4.78 is -0.812. The summed E-state index contributed by atoms with van der Waals surface area (Å²) in [6.45, 7) is 0. The Hall–Kier alpha value is -1.14. The van der Waals surface area contributed by atoms with Crippen LogP contribution in [0.1, 0.15) is 0 Å². The number of amides is 1. The molecule has 0 bridgehead atoms. The molecule has 7 heteroatoms. The second-order valence-electron chi connectivity index (χ2n) is 2.97. The van der Waals surface area contributed by atoms with Crippen LogP contribution in [-0.4, -0.2) is 22.2 Å². The number of nitro groups is 1. The number of benzene rings is 1. The lowest BCUT2D eigenvalue weighted by Crippen LogP contribution is -2.30. The van der Waals surface area contributed by atoms with Gasteiger partial charge in [0.15, 0.2) is 4.29 Å². The van der Waals surface area contributed by atoms with Gasteiger partial charge in [-0.2, -0.15) is 0 Å². The highest BCUT2D eigenvalue weighted by Crippen LogP contribution is 2.20. The molecular weight excluding hydrogens is 299 g/mol. The van der Waals surface area contributed by atoms with Gasteiger partial charge in [-0.15, -0.1) is 0 Å². The third-order valence-corrected chi connectivity index (χ3v) is 2.54. The average Bonchev–Trinajstić information content (AvgIpc) is 2.27. The average molecular weight is 308 g/mol. The second-order valence-corrected chi connectivity index (χ2v) is 4.85. The number of rotatable bonds is 3. The first-order valence-electron chi connectivity index (χ1n) is 4.23. The number of non-ortho nitro benzene ring substituents is 1. The van der Waals surface area contributed by atoms with Crippen molar-refractivity contribution in [3.05, 3.63) is 34.4 Å². The van der Waals surface area contributed by atoms with Crippen LogP contribution in [-0.2, 0) is 4.79 Å². The predicted molar refractivity (Wildman–Crippen MR) is 65.1 cm³/mol. The first-order valence-corrected chi connectivity index (χ1v) is 5.59. The maximum absolute atomic E-state index is 11.5. The van der Waals surface area contributed by atoms with Crippen molar-refractivity contribution in [2.45, 2.75) is 4.29 Å². The van der Waals surface area contributed by atoms with E-state index in [0.29, 0.717) is 5.69 Å². The van der Waals surface area contributed by atoms with Crippen LogP contribution < -0.4 is 4.90 Å². The molecule has 0 saturated heterocycles. The first kappa shape index (κ1) is 12.9. The van der Waals surface area contributed by atoms with Crippen molar-refractivity contribution in [3.8, 4) is 0 Å². The first-order chi connectivity index (χ1) is 7.43. The zero-order chi connectivity index (χ0) is 12.3. The van der Waals surface area contributed by atoms with Gasteiger partial charge in [0.2, 0.25) is 0 Å². The van der Waals surface area contributed by atoms with Crippen molar-refractivity contribution in [2.75, 3.05) is 11.9 Å². The Morgan fingerprint density at radius 2 is 2.00 bits per heavy atom. The fraction of sp³-hybridized carbons (Fsp3) is 0.222. The summed E-state index contributed by atoms with van der Waals surface area (Å²) in [6.07, 6.45) is 0. The summed E-state index contributed by atoms with van der Waals surface area (Å²) in [6, 6.07) is 5.64. The van der Waals surface area contributed by atoms with Crippen LogP contribution in [0.2, 0.25) is 0 Å². The third-order valence-electron chi connectivity index (χ3n) is 1.97. The molecule has 1 aromatic rings. The number of alkyl halides is 2. The van der Waals surface area contributed by atoms with E-state index in [1.807, 2.05) is 0 Å². The van der Waals surface area contributed by atoms with E-state index in [0.717, 1.165) is 0 Å². The van der Waals surface area contributed by atoms with Gasteiger partial charge in [0.25, 0.3) is 11.6 Å². The van der Waals surface area contributed by atoms with Crippen molar-refractivity contribution < 1.29 is 9.72 Å². The monoisotopic (exact) mass is 306 g/mol. The van der Waals surface area contributed by atoms with Crippen LogP contribution in [0.5, 0.6) is 0 Å². The number of halogens is 2. The quantitative estimate of drug-likeness (QED) is 0.490. The van der Waals surface area contributed by atoms with Gasteiger partial charge in [-0.05, 0) is 12.1 Å². The van der Waals surface area contributed by atoms with Crippen LogP contribution >= 0.6 is 27.5 Å². The van der Waals surface area contributed by atoms with Crippen molar-refractivity contribution in [2.24, 2.45) is 0 Å². The van der Waals surface area contributed by atoms with Gasteiger partial charge >= 0.3 is 0 Å². The molecule has 0 aromatic heterocycles. The molecular formula is C9H8BrClN2O3. The van der Waals surface area contributed by atoms with E-state index in [2.05, 4.69) is 15.9 Å². The minimum absolute atomic E-state index is 0.0223. The van der Waals surface area contributed by atoms with Crippen LogP contribution in [0.15, 0.2) is 24.3 Å². The normalized spacial score (nSPS) is 11.9. The summed E-state index contributed by atoms with van der Waals surface area (Å²) in [5.74, 6) is -0.337. The van der Waals surface area contributed by atoms with Gasteiger partial charge in [-0.3, -0.25) is 14.9 Å². The van der Waals surface area contributed by atoms with E-state index in [4.69, 9.17) is 11.6 Å². The summed E-state index contributed by atoms with van der Waals surface area (Å²) in [7, 11) is 1.54. The maximum Gasteiger partial charge on any atom is 0.269 e. The second kappa shape index (κ2) is 5.27. The van der Waals surface area contributed by atoms with Crippen molar-refractivity contribution in [1.29, 1.82) is 0 Å². The lowest BCUT2D eigenvalue weighted by atomic mass is 10.2. The molecule has 0 heterocycles. The maximum atomic E-state index is 11.5. The molecule has 86 valence electrons. The molecule has 0 N–H and O–H groups in total. The van der Waals surface area contributed by atoms with E-state index < -0.39 is 9.21 Å². The summed E-state index contributed by atoms with van der Waals surface area (Å²) in [5.41, 5.74) is 0.520. The zero-order valence-electron chi connectivity index (χ0n) is 8.26. The number of nitrogens with zero attached hydrogens (tertiary/aromatic N) is 2. The van der Waals surface area contributed by atoms with Gasteiger partial charge < -0.3 is 4.90 Å². The molecule has 0 aliphatic heterocycles. The zero-order valence-corrected chi connectivity index (χ0v) is 10.6. The molecule has 1 unspecified atom stereocenters. The molecule has 0 saturated carbocycles. The molecule has 0 spiro atoms. The topological polar surface area (TPSA) is 63.5 Å². The fourth-order valence-electron chi connectivity index (χ4n) is 1.07. The third kappa shape index (κ3) is 2.93. The van der Waals surface area contributed by atoms with Gasteiger partial charge in [-0.25, -0.2) is 0 Å². The molecule has 1 rings (SSSR count). The molecule has 0 aliphatic carbocycles. The van der Waals surface area contributed by atoms with E-state index in [1.165, 1.54) is 29.2 Å². The fourth-order valence-corrected chi connectivity index (χ4v) is 1.53. The Morgan fingerprint density at radius 1 is 1.50 bits per heavy atom. The minimum atomic E-state index is -0.812. The number of nitro benzene ring substituents is 1. The number of hydrogen-bond donors (Lipinski definition) is 0. The Bertz CT molecular complexity index is 408. The molecule has 1 amide bonds. The van der Waals surface area contributed by atoms with Crippen LogP contribution in [0.25, 0.3) is 0 Å². The smallest absolute Gasteiger partial charge is 0.269 e. The number of carbonyl (C=O) groups excluding carboxylic acids is 1. The van der Waals surface area contributed by atoms with Gasteiger partial charge in [0.05, 0.1) is 4.92 Å². The highest BCUT2D eigenvalue weighted by atomic mass is 79.9. The largest absolute Gasteiger partial charge is 0.313 e. The van der Waals surface area contributed by atoms with Crippen LogP contribution in [0.4, 0.5) is 11.4 Å². The van der Waals surface area contributed by atoms with Crippen LogP contribution in [0, 0.1) is 10.1 Å². The summed E-state index contributed by atoms with van der Waals surface area (Å²) >= 11 is 8.51. The van der Waals surface area contributed by atoms with Gasteiger partial charge in [0.1, 0.15) is 0 Å². The van der Waals surface area contributed by atoms with E-state index in [1.54, 1.807) is 7.05 Å².